The summed E-state index contributed by atoms with van der Waals surface area (Å²) in [6.45, 7) is 3.06. The van der Waals surface area contributed by atoms with Crippen LogP contribution in [0, 0.1) is 0 Å². The molecule has 4 heteroatoms. The lowest BCUT2D eigenvalue weighted by Gasteiger charge is -2.14. The lowest BCUT2D eigenvalue weighted by molar-refractivity contribution is 0.0702. The second-order valence-corrected chi connectivity index (χ2v) is 3.93. The lowest BCUT2D eigenvalue weighted by Crippen LogP contribution is -2.16. The van der Waals surface area contributed by atoms with E-state index in [0.717, 1.165) is 18.0 Å². The van der Waals surface area contributed by atoms with Crippen molar-refractivity contribution < 1.29 is 9.90 Å². The number of hydrogen-bond acceptors (Lipinski definition) is 3. The molecule has 1 rings (SSSR count). The zero-order valence-electron chi connectivity index (χ0n) is 7.78. The Morgan fingerprint density at radius 1 is 1.62 bits per heavy atom. The van der Waals surface area contributed by atoms with E-state index in [4.69, 9.17) is 5.11 Å². The van der Waals surface area contributed by atoms with E-state index in [1.807, 2.05) is 13.1 Å². The summed E-state index contributed by atoms with van der Waals surface area (Å²) < 4.78 is 0. The summed E-state index contributed by atoms with van der Waals surface area (Å²) in [6, 6.07) is 3.50. The molecule has 1 aromatic heterocycles. The molecule has 0 saturated carbocycles. The summed E-state index contributed by atoms with van der Waals surface area (Å²) in [4.78, 5) is 13.1. The zero-order valence-corrected chi connectivity index (χ0v) is 8.60. The van der Waals surface area contributed by atoms with E-state index in [1.54, 1.807) is 6.07 Å². The van der Waals surface area contributed by atoms with Crippen LogP contribution in [0.25, 0.3) is 0 Å². The Kier molecular flexibility index (Phi) is 3.31. The molecule has 0 aliphatic rings. The number of rotatable bonds is 4. The standard InChI is InChI=1S/C9H13NO2S/c1-3-6-10(2)8-5-4-7(13-8)9(11)12/h4-5H,3,6H2,1-2H3,(H,11,12). The van der Waals surface area contributed by atoms with Gasteiger partial charge >= 0.3 is 5.97 Å². The predicted octanol–water partition coefficient (Wildman–Crippen LogP) is 2.29. The fourth-order valence-electron chi connectivity index (χ4n) is 1.09. The maximum atomic E-state index is 10.6. The average Bonchev–Trinajstić information content (AvgIpc) is 2.52. The van der Waals surface area contributed by atoms with Crippen LogP contribution in [0.15, 0.2) is 12.1 Å². The van der Waals surface area contributed by atoms with Crippen molar-refractivity contribution in [2.75, 3.05) is 18.5 Å². The number of thiophene rings is 1. The SMILES string of the molecule is CCCN(C)c1ccc(C(=O)O)s1. The molecule has 0 aromatic carbocycles. The molecule has 3 nitrogen and oxygen atoms in total. The van der Waals surface area contributed by atoms with E-state index in [-0.39, 0.29) is 0 Å². The van der Waals surface area contributed by atoms with Crippen molar-refractivity contribution >= 4 is 22.3 Å². The van der Waals surface area contributed by atoms with Gasteiger partial charge in [0.1, 0.15) is 4.88 Å². The van der Waals surface area contributed by atoms with Crippen molar-refractivity contribution in [3.05, 3.63) is 17.0 Å². The highest BCUT2D eigenvalue weighted by atomic mass is 32.1. The molecule has 0 aliphatic heterocycles. The van der Waals surface area contributed by atoms with E-state index in [1.165, 1.54) is 11.3 Å². The predicted molar refractivity (Wildman–Crippen MR) is 54.8 cm³/mol. The Morgan fingerprint density at radius 2 is 2.31 bits per heavy atom. The minimum atomic E-state index is -0.846. The van der Waals surface area contributed by atoms with E-state index < -0.39 is 5.97 Å². The fraction of sp³-hybridized carbons (Fsp3) is 0.444. The summed E-state index contributed by atoms with van der Waals surface area (Å²) in [5.74, 6) is -0.846. The van der Waals surface area contributed by atoms with Gasteiger partial charge in [-0.25, -0.2) is 4.79 Å². The van der Waals surface area contributed by atoms with Crippen LogP contribution < -0.4 is 4.90 Å². The summed E-state index contributed by atoms with van der Waals surface area (Å²) in [5, 5.41) is 9.71. The molecule has 0 saturated heterocycles. The van der Waals surface area contributed by atoms with Crippen molar-refractivity contribution in [2.45, 2.75) is 13.3 Å². The molecule has 0 spiro atoms. The van der Waals surface area contributed by atoms with E-state index in [2.05, 4.69) is 11.8 Å². The van der Waals surface area contributed by atoms with Crippen molar-refractivity contribution in [1.82, 2.24) is 0 Å². The third-order valence-electron chi connectivity index (χ3n) is 1.74. The van der Waals surface area contributed by atoms with Gasteiger partial charge < -0.3 is 10.0 Å². The number of carboxylic acid groups (broad SMARTS) is 1. The van der Waals surface area contributed by atoms with Crippen molar-refractivity contribution in [1.29, 1.82) is 0 Å². The van der Waals surface area contributed by atoms with Crippen LogP contribution in [0.3, 0.4) is 0 Å². The number of aromatic carboxylic acids is 1. The van der Waals surface area contributed by atoms with Crippen LogP contribution in [-0.4, -0.2) is 24.7 Å². The smallest absolute Gasteiger partial charge is 0.345 e. The molecule has 72 valence electrons. The Labute approximate surface area is 81.6 Å². The summed E-state index contributed by atoms with van der Waals surface area (Å²) in [5.41, 5.74) is 0. The van der Waals surface area contributed by atoms with Gasteiger partial charge in [0.15, 0.2) is 0 Å². The first-order valence-corrected chi connectivity index (χ1v) is 5.01. The lowest BCUT2D eigenvalue weighted by atomic mass is 10.4. The molecule has 1 aromatic rings. The van der Waals surface area contributed by atoms with Crippen molar-refractivity contribution in [2.24, 2.45) is 0 Å². The van der Waals surface area contributed by atoms with Gasteiger partial charge in [0.05, 0.1) is 5.00 Å². The van der Waals surface area contributed by atoms with Gasteiger partial charge in [-0.05, 0) is 18.6 Å². The van der Waals surface area contributed by atoms with Gasteiger partial charge in [-0.15, -0.1) is 11.3 Å². The van der Waals surface area contributed by atoms with Crippen LogP contribution in [0.2, 0.25) is 0 Å². The van der Waals surface area contributed by atoms with Crippen LogP contribution in [0.1, 0.15) is 23.0 Å². The van der Waals surface area contributed by atoms with Crippen molar-refractivity contribution in [3.63, 3.8) is 0 Å². The minimum absolute atomic E-state index is 0.401. The molecular formula is C9H13NO2S. The monoisotopic (exact) mass is 199 g/mol. The van der Waals surface area contributed by atoms with Gasteiger partial charge in [0, 0.05) is 13.6 Å². The third-order valence-corrected chi connectivity index (χ3v) is 2.93. The average molecular weight is 199 g/mol. The Morgan fingerprint density at radius 3 is 2.77 bits per heavy atom. The molecule has 0 bridgehead atoms. The van der Waals surface area contributed by atoms with Gasteiger partial charge in [-0.1, -0.05) is 6.92 Å². The zero-order chi connectivity index (χ0) is 9.84. The Balaban J connectivity index is 2.73. The summed E-state index contributed by atoms with van der Waals surface area (Å²) >= 11 is 1.32. The van der Waals surface area contributed by atoms with Crippen LogP contribution in [-0.2, 0) is 0 Å². The minimum Gasteiger partial charge on any atom is -0.477 e. The van der Waals surface area contributed by atoms with Crippen LogP contribution in [0.4, 0.5) is 5.00 Å². The number of anilines is 1. The molecule has 0 aliphatic carbocycles. The van der Waals surface area contributed by atoms with E-state index in [9.17, 15) is 4.79 Å². The molecule has 0 amide bonds. The molecule has 0 atom stereocenters. The maximum Gasteiger partial charge on any atom is 0.345 e. The topological polar surface area (TPSA) is 40.5 Å². The van der Waals surface area contributed by atoms with Gasteiger partial charge in [0.2, 0.25) is 0 Å². The first-order valence-electron chi connectivity index (χ1n) is 4.19. The number of hydrogen-bond donors (Lipinski definition) is 1. The second-order valence-electron chi connectivity index (χ2n) is 2.86. The van der Waals surface area contributed by atoms with Crippen LogP contribution in [0.5, 0.6) is 0 Å². The number of nitrogens with zero attached hydrogens (tertiary/aromatic N) is 1. The van der Waals surface area contributed by atoms with Gasteiger partial charge in [0.25, 0.3) is 0 Å². The quantitative estimate of drug-likeness (QED) is 0.808. The largest absolute Gasteiger partial charge is 0.477 e. The highest BCUT2D eigenvalue weighted by Gasteiger charge is 2.08. The second kappa shape index (κ2) is 4.28. The first-order chi connectivity index (χ1) is 6.15. The van der Waals surface area contributed by atoms with E-state index >= 15 is 0 Å². The van der Waals surface area contributed by atoms with Gasteiger partial charge in [-0.2, -0.15) is 0 Å². The normalized spacial score (nSPS) is 10.0. The summed E-state index contributed by atoms with van der Waals surface area (Å²) in [7, 11) is 1.97. The van der Waals surface area contributed by atoms with Crippen LogP contribution >= 0.6 is 11.3 Å². The highest BCUT2D eigenvalue weighted by Crippen LogP contribution is 2.24. The molecule has 13 heavy (non-hydrogen) atoms. The molecular weight excluding hydrogens is 186 g/mol. The molecule has 1 heterocycles. The maximum absolute atomic E-state index is 10.6. The molecule has 1 N–H and O–H groups in total. The first kappa shape index (κ1) is 10.1. The fourth-order valence-corrected chi connectivity index (χ4v) is 1.93. The number of carbonyl (C=O) groups is 1. The third kappa shape index (κ3) is 2.45. The molecule has 0 fully saturated rings. The van der Waals surface area contributed by atoms with E-state index in [0.29, 0.717) is 4.88 Å². The highest BCUT2D eigenvalue weighted by molar-refractivity contribution is 7.17. The van der Waals surface area contributed by atoms with Crippen molar-refractivity contribution in [3.8, 4) is 0 Å². The Bertz CT molecular complexity index is 296. The molecule has 0 radical (unpaired) electrons. The van der Waals surface area contributed by atoms with Gasteiger partial charge in [-0.3, -0.25) is 0 Å². The molecule has 0 unspecified atom stereocenters. The summed E-state index contributed by atoms with van der Waals surface area (Å²) in [6.07, 6.45) is 1.07. The number of carboxylic acids is 1. The Hall–Kier alpha value is -1.03.